The van der Waals surface area contributed by atoms with Gasteiger partial charge in [-0.3, -0.25) is 14.4 Å². The van der Waals surface area contributed by atoms with Crippen LogP contribution in [0.3, 0.4) is 0 Å². The summed E-state index contributed by atoms with van der Waals surface area (Å²) >= 11 is 0. The molecule has 46 heavy (non-hydrogen) atoms. The minimum atomic E-state index is -0.505. The Kier molecular flexibility index (Phi) is 22.1. The number of halogens is 1. The molecule has 2 rings (SSSR count). The quantitative estimate of drug-likeness (QED) is 0.152. The van der Waals surface area contributed by atoms with Crippen molar-refractivity contribution >= 4 is 29.9 Å². The SMILES string of the molecule is CC(C)C[C@@H](CCC(=O)[C@@H]1C[C@H](C)CC[C@H]1C(C)C)NC(=O)[C@@H](C)N.CC(C)C[C@H](N)CCC(=O)[C@@H]1C[C@H](C)CC[C@H]1C(C)C.Cl. The van der Waals surface area contributed by atoms with Crippen LogP contribution in [-0.2, 0) is 14.4 Å². The number of Topliss-reactive ketones (excluding diaryl/α,β-unsaturated/α-hetero) is 2. The van der Waals surface area contributed by atoms with E-state index in [1.165, 1.54) is 25.7 Å². The summed E-state index contributed by atoms with van der Waals surface area (Å²) in [4.78, 5) is 37.5. The van der Waals surface area contributed by atoms with Gasteiger partial charge in [0.05, 0.1) is 6.04 Å². The summed E-state index contributed by atoms with van der Waals surface area (Å²) in [5, 5.41) is 3.03. The largest absolute Gasteiger partial charge is 0.352 e. The molecule has 6 nitrogen and oxygen atoms in total. The van der Waals surface area contributed by atoms with Gasteiger partial charge in [-0.25, -0.2) is 0 Å². The highest BCUT2D eigenvalue weighted by atomic mass is 35.5. The summed E-state index contributed by atoms with van der Waals surface area (Å²) in [6.45, 7) is 24.0. The lowest BCUT2D eigenvalue weighted by molar-refractivity contribution is -0.128. The molecule has 2 aliphatic rings. The van der Waals surface area contributed by atoms with E-state index in [-0.39, 0.29) is 36.3 Å². The third-order valence-electron chi connectivity index (χ3n) is 10.7. The zero-order chi connectivity index (χ0) is 34.4. The number of hydrogen-bond donors (Lipinski definition) is 3. The second-order valence-electron chi connectivity index (χ2n) is 16.9. The molecule has 0 aromatic heterocycles. The highest BCUT2D eigenvalue weighted by Crippen LogP contribution is 2.40. The van der Waals surface area contributed by atoms with Crippen molar-refractivity contribution in [2.75, 3.05) is 0 Å². The molecule has 7 heteroatoms. The van der Waals surface area contributed by atoms with Crippen LogP contribution in [0.1, 0.15) is 153 Å². The van der Waals surface area contributed by atoms with Crippen LogP contribution in [0.2, 0.25) is 0 Å². The highest BCUT2D eigenvalue weighted by Gasteiger charge is 2.36. The van der Waals surface area contributed by atoms with Crippen molar-refractivity contribution in [3.05, 3.63) is 0 Å². The number of carbonyl (C=O) groups is 3. The van der Waals surface area contributed by atoms with E-state index < -0.39 is 6.04 Å². The van der Waals surface area contributed by atoms with Gasteiger partial charge in [0.25, 0.3) is 0 Å². The Hall–Kier alpha value is -0.980. The summed E-state index contributed by atoms with van der Waals surface area (Å²) in [6, 6.07) is -0.270. The van der Waals surface area contributed by atoms with Crippen LogP contribution < -0.4 is 16.8 Å². The zero-order valence-electron chi connectivity index (χ0n) is 31.8. The van der Waals surface area contributed by atoms with Gasteiger partial charge in [0.1, 0.15) is 11.6 Å². The summed E-state index contributed by atoms with van der Waals surface area (Å²) in [5.74, 6) is 6.02. The molecular formula is C39H76ClN3O3. The number of ketones is 2. The van der Waals surface area contributed by atoms with Crippen LogP contribution in [0.25, 0.3) is 0 Å². The molecule has 0 aromatic carbocycles. The Morgan fingerprint density at radius 3 is 1.43 bits per heavy atom. The summed E-state index contributed by atoms with van der Waals surface area (Å²) in [6.07, 6.45) is 11.8. The summed E-state index contributed by atoms with van der Waals surface area (Å²) < 4.78 is 0. The highest BCUT2D eigenvalue weighted by molar-refractivity contribution is 5.85. The molecule has 1 amide bonds. The maximum absolute atomic E-state index is 12.9. The standard InChI is InChI=1S/C21H40N2O2.C18H35NO.ClH/c1-13(2)11-17(23-21(25)16(6)22)8-10-20(24)19-12-15(5)7-9-18(19)14(3)4;1-12(2)10-15(19)7-9-18(20)17-11-14(5)6-8-16(17)13(3)4;/h13-19H,7-12,22H2,1-6H3,(H,23,25);12-17H,6-11,19H2,1-5H3;1H/t15-,16-,17-,18+,19-;14-,15-,16+,17-;/m11./s1. The summed E-state index contributed by atoms with van der Waals surface area (Å²) in [7, 11) is 0. The van der Waals surface area contributed by atoms with E-state index in [1.54, 1.807) is 6.92 Å². The minimum absolute atomic E-state index is 0. The molecule has 0 spiro atoms. The van der Waals surface area contributed by atoms with E-state index in [0.717, 1.165) is 38.5 Å². The van der Waals surface area contributed by atoms with Crippen LogP contribution in [0, 0.1) is 59.2 Å². The maximum atomic E-state index is 12.9. The second kappa shape index (κ2) is 22.6. The van der Waals surface area contributed by atoms with Crippen molar-refractivity contribution in [1.29, 1.82) is 0 Å². The Morgan fingerprint density at radius 2 is 1.07 bits per heavy atom. The zero-order valence-corrected chi connectivity index (χ0v) is 32.6. The van der Waals surface area contributed by atoms with E-state index in [2.05, 4.69) is 74.6 Å². The molecule has 2 fully saturated rings. The van der Waals surface area contributed by atoms with Gasteiger partial charge in [0, 0.05) is 36.8 Å². The van der Waals surface area contributed by atoms with Crippen molar-refractivity contribution in [2.24, 2.45) is 70.6 Å². The predicted molar refractivity (Wildman–Crippen MR) is 198 cm³/mol. The lowest BCUT2D eigenvalue weighted by atomic mass is 9.68. The average Bonchev–Trinajstić information content (AvgIpc) is 2.93. The van der Waals surface area contributed by atoms with Crippen LogP contribution in [-0.4, -0.2) is 35.6 Å². The van der Waals surface area contributed by atoms with Gasteiger partial charge >= 0.3 is 0 Å². The van der Waals surface area contributed by atoms with Crippen molar-refractivity contribution in [3.8, 4) is 0 Å². The van der Waals surface area contributed by atoms with Gasteiger partial charge in [-0.05, 0) is 106 Å². The molecule has 0 heterocycles. The molecule has 5 N–H and O–H groups in total. The predicted octanol–water partition coefficient (Wildman–Crippen LogP) is 8.76. The van der Waals surface area contributed by atoms with Crippen molar-refractivity contribution < 1.29 is 14.4 Å². The van der Waals surface area contributed by atoms with Gasteiger partial charge < -0.3 is 16.8 Å². The van der Waals surface area contributed by atoms with Gasteiger partial charge in [0.15, 0.2) is 0 Å². The number of hydrogen-bond acceptors (Lipinski definition) is 5. The maximum Gasteiger partial charge on any atom is 0.236 e. The molecular weight excluding hydrogens is 594 g/mol. The molecule has 2 aliphatic carbocycles. The Labute approximate surface area is 290 Å². The molecule has 2 saturated carbocycles. The number of carbonyl (C=O) groups excluding carboxylic acids is 3. The first-order valence-electron chi connectivity index (χ1n) is 18.8. The van der Waals surface area contributed by atoms with Gasteiger partial charge in [-0.1, -0.05) is 82.1 Å². The third kappa shape index (κ3) is 16.9. The molecule has 0 aromatic rings. The van der Waals surface area contributed by atoms with Crippen LogP contribution in [0.15, 0.2) is 0 Å². The van der Waals surface area contributed by atoms with Crippen molar-refractivity contribution in [2.45, 2.75) is 171 Å². The third-order valence-corrected chi connectivity index (χ3v) is 10.7. The normalized spacial score (nSPS) is 27.0. The first-order chi connectivity index (χ1) is 20.9. The first-order valence-corrected chi connectivity index (χ1v) is 18.8. The fourth-order valence-electron chi connectivity index (χ4n) is 8.03. The molecule has 9 atom stereocenters. The number of nitrogens with two attached hydrogens (primary N) is 2. The molecule has 0 saturated heterocycles. The lowest BCUT2D eigenvalue weighted by Gasteiger charge is -2.36. The second-order valence-corrected chi connectivity index (χ2v) is 16.9. The Morgan fingerprint density at radius 1 is 0.652 bits per heavy atom. The van der Waals surface area contributed by atoms with Gasteiger partial charge in [-0.15, -0.1) is 12.4 Å². The van der Waals surface area contributed by atoms with Crippen molar-refractivity contribution in [1.82, 2.24) is 5.32 Å². The number of nitrogens with one attached hydrogen (secondary N) is 1. The fraction of sp³-hybridized carbons (Fsp3) is 0.923. The number of amides is 1. The average molecular weight is 671 g/mol. The van der Waals surface area contributed by atoms with E-state index in [9.17, 15) is 14.4 Å². The van der Waals surface area contributed by atoms with Gasteiger partial charge in [0.2, 0.25) is 5.91 Å². The minimum Gasteiger partial charge on any atom is -0.352 e. The van der Waals surface area contributed by atoms with E-state index in [1.807, 2.05) is 0 Å². The molecule has 272 valence electrons. The van der Waals surface area contributed by atoms with Crippen LogP contribution >= 0.6 is 12.4 Å². The fourth-order valence-corrected chi connectivity index (χ4v) is 8.03. The van der Waals surface area contributed by atoms with Crippen molar-refractivity contribution in [3.63, 3.8) is 0 Å². The molecule has 0 radical (unpaired) electrons. The first kappa shape index (κ1) is 45.0. The van der Waals surface area contributed by atoms with Crippen LogP contribution in [0.4, 0.5) is 0 Å². The number of rotatable bonds is 16. The lowest BCUT2D eigenvalue weighted by Crippen LogP contribution is -2.44. The van der Waals surface area contributed by atoms with Crippen LogP contribution in [0.5, 0.6) is 0 Å². The van der Waals surface area contributed by atoms with Gasteiger partial charge in [-0.2, -0.15) is 0 Å². The topological polar surface area (TPSA) is 115 Å². The molecule has 0 aliphatic heterocycles. The van der Waals surface area contributed by atoms with E-state index in [4.69, 9.17) is 11.5 Å². The molecule has 0 bridgehead atoms. The Balaban J connectivity index is 0.000000882. The monoisotopic (exact) mass is 670 g/mol. The summed E-state index contributed by atoms with van der Waals surface area (Å²) in [5.41, 5.74) is 11.8. The van der Waals surface area contributed by atoms with E-state index >= 15 is 0 Å². The van der Waals surface area contributed by atoms with E-state index in [0.29, 0.717) is 77.7 Å². The smallest absolute Gasteiger partial charge is 0.236 e. The molecule has 0 unspecified atom stereocenters. The Bertz CT molecular complexity index is 875.